The summed E-state index contributed by atoms with van der Waals surface area (Å²) >= 11 is 0. The number of rotatable bonds is 58. The number of phosphoric ester groups is 1. The number of ether oxygens (including phenoxy) is 1. The van der Waals surface area contributed by atoms with Gasteiger partial charge in [-0.3, -0.25) is 18.6 Å². The number of allylic oxidation sites excluding steroid dienone is 21. The number of hydrogen-bond donors (Lipinski definition) is 2. The lowest BCUT2D eigenvalue weighted by molar-refractivity contribution is -0.870. The van der Waals surface area contributed by atoms with Crippen LogP contribution in [-0.4, -0.2) is 74.3 Å². The van der Waals surface area contributed by atoms with Crippen molar-refractivity contribution in [1.82, 2.24) is 5.32 Å². The van der Waals surface area contributed by atoms with Gasteiger partial charge in [-0.2, -0.15) is 0 Å². The molecule has 0 bridgehead atoms. The van der Waals surface area contributed by atoms with Crippen molar-refractivity contribution in [1.29, 1.82) is 0 Å². The standard InChI is InChI=1S/C72H123N2O7P/c1-7-10-13-16-19-22-25-28-30-32-34-35-36-37-38-39-41-42-44-46-49-52-55-58-61-64-71(75)73-69(68-80-82(77,78)79-67-66-74(4,5)6)70(63-60-57-54-51-48-27-24-21-18-15-12-9-3)81-72(76)65-62-59-56-53-50-47-45-43-40-33-31-29-26-23-20-17-14-11-8-2/h10,13,19-20,22-23,28-31,34-35,37-38,40-43,47,50,60,63,69-70H,7-9,11-12,14-18,21,24-27,32-33,36,39,44-46,48-49,51-59,61-62,64-68H2,1-6H3,(H-,73,75,77,78)/p+1/b13-10-,22-19-,23-20-,30-28-,31-29-,35-34-,38-37-,42-41-,43-40-,50-47-,63-60-. The lowest BCUT2D eigenvalue weighted by Crippen LogP contribution is -2.47. The number of nitrogens with one attached hydrogen (secondary N) is 1. The van der Waals surface area contributed by atoms with E-state index in [0.717, 1.165) is 141 Å². The molecule has 0 aliphatic carbocycles. The molecule has 0 radical (unpaired) electrons. The molecule has 1 amide bonds. The monoisotopic (exact) mass is 1160 g/mol. The lowest BCUT2D eigenvalue weighted by Gasteiger charge is -2.27. The summed E-state index contributed by atoms with van der Waals surface area (Å²) in [6.45, 7) is 6.82. The highest BCUT2D eigenvalue weighted by Gasteiger charge is 2.30. The Kier molecular flexibility index (Phi) is 57.4. The number of carbonyl (C=O) groups excluding carboxylic acids is 2. The largest absolute Gasteiger partial charge is 0.472 e. The van der Waals surface area contributed by atoms with Crippen molar-refractivity contribution in [2.75, 3.05) is 40.9 Å². The van der Waals surface area contributed by atoms with Crippen molar-refractivity contribution < 1.29 is 37.3 Å². The third-order valence-corrected chi connectivity index (χ3v) is 14.8. The number of unbranched alkanes of at least 4 members (excludes halogenated alkanes) is 22. The van der Waals surface area contributed by atoms with Crippen molar-refractivity contribution in [3.05, 3.63) is 134 Å². The van der Waals surface area contributed by atoms with E-state index in [-0.39, 0.29) is 31.5 Å². The summed E-state index contributed by atoms with van der Waals surface area (Å²) in [4.78, 5) is 37.8. The molecule has 0 aliphatic heterocycles. The van der Waals surface area contributed by atoms with Gasteiger partial charge in [0.15, 0.2) is 0 Å². The van der Waals surface area contributed by atoms with Gasteiger partial charge < -0.3 is 19.4 Å². The molecule has 0 saturated heterocycles. The summed E-state index contributed by atoms with van der Waals surface area (Å²) in [5.74, 6) is -0.566. The molecule has 0 heterocycles. The van der Waals surface area contributed by atoms with Gasteiger partial charge in [0.25, 0.3) is 0 Å². The molecule has 468 valence electrons. The van der Waals surface area contributed by atoms with E-state index in [1.54, 1.807) is 0 Å². The van der Waals surface area contributed by atoms with Gasteiger partial charge in [-0.05, 0) is 128 Å². The smallest absolute Gasteiger partial charge is 0.456 e. The van der Waals surface area contributed by atoms with Crippen LogP contribution in [0.2, 0.25) is 0 Å². The van der Waals surface area contributed by atoms with Gasteiger partial charge in [-0.1, -0.05) is 251 Å². The van der Waals surface area contributed by atoms with E-state index in [1.165, 1.54) is 77.0 Å². The lowest BCUT2D eigenvalue weighted by atomic mass is 10.0. The van der Waals surface area contributed by atoms with Gasteiger partial charge in [0, 0.05) is 12.8 Å². The molecule has 0 spiro atoms. The molecule has 2 N–H and O–H groups in total. The maximum absolute atomic E-state index is 13.6. The minimum Gasteiger partial charge on any atom is -0.456 e. The predicted molar refractivity (Wildman–Crippen MR) is 355 cm³/mol. The van der Waals surface area contributed by atoms with E-state index >= 15 is 0 Å². The number of quaternary nitrogens is 1. The molecule has 0 aromatic rings. The van der Waals surface area contributed by atoms with Crippen LogP contribution in [0.1, 0.15) is 258 Å². The molecule has 10 heteroatoms. The van der Waals surface area contributed by atoms with E-state index in [1.807, 2.05) is 33.3 Å². The van der Waals surface area contributed by atoms with Crippen LogP contribution in [0.5, 0.6) is 0 Å². The molecule has 0 saturated carbocycles. The molecule has 0 aliphatic rings. The zero-order valence-electron chi connectivity index (χ0n) is 53.4. The van der Waals surface area contributed by atoms with Crippen molar-refractivity contribution in [3.63, 3.8) is 0 Å². The predicted octanol–water partition coefficient (Wildman–Crippen LogP) is 20.8. The van der Waals surface area contributed by atoms with Crippen molar-refractivity contribution >= 4 is 19.7 Å². The van der Waals surface area contributed by atoms with Crippen molar-refractivity contribution in [3.8, 4) is 0 Å². The van der Waals surface area contributed by atoms with E-state index < -0.39 is 20.0 Å². The highest BCUT2D eigenvalue weighted by molar-refractivity contribution is 7.47. The van der Waals surface area contributed by atoms with Crippen LogP contribution in [-0.2, 0) is 27.9 Å². The number of phosphoric acid groups is 1. The van der Waals surface area contributed by atoms with Gasteiger partial charge in [0.05, 0.1) is 33.8 Å². The van der Waals surface area contributed by atoms with Gasteiger partial charge >= 0.3 is 13.8 Å². The van der Waals surface area contributed by atoms with Gasteiger partial charge in [-0.15, -0.1) is 0 Å². The van der Waals surface area contributed by atoms with Crippen LogP contribution >= 0.6 is 7.82 Å². The first-order valence-corrected chi connectivity index (χ1v) is 34.5. The Balaban J connectivity index is 5.27. The molecule has 0 aromatic heterocycles. The zero-order chi connectivity index (χ0) is 60.0. The summed E-state index contributed by atoms with van der Waals surface area (Å²) in [7, 11) is 1.45. The SMILES string of the molecule is CC/C=C\C/C=C\C/C=C\C/C=C\C/C=C\C/C=C\CCCCCCCCC(=O)NC(COP(=O)(O)OCC[N+](C)(C)C)C(/C=C\CCCCCCCCCCCC)OC(=O)CCCCC/C=C\C/C=C\C/C=C\C/C=C\CCCCC. The number of likely N-dealkylation sites (N-methyl/N-ethyl adjacent to an activating group) is 1. The van der Waals surface area contributed by atoms with E-state index in [2.05, 4.69) is 148 Å². The first-order valence-electron chi connectivity index (χ1n) is 33.0. The number of amides is 1. The van der Waals surface area contributed by atoms with Gasteiger partial charge in [0.2, 0.25) is 5.91 Å². The maximum atomic E-state index is 13.6. The minimum absolute atomic E-state index is 0.0242. The fraction of sp³-hybridized carbons (Fsp3) is 0.667. The third kappa shape index (κ3) is 60.7. The van der Waals surface area contributed by atoms with Crippen LogP contribution < -0.4 is 5.32 Å². The van der Waals surface area contributed by atoms with E-state index in [9.17, 15) is 19.0 Å². The molecule has 3 atom stereocenters. The average Bonchev–Trinajstić information content (AvgIpc) is 3.44. The van der Waals surface area contributed by atoms with Crippen LogP contribution in [0.25, 0.3) is 0 Å². The minimum atomic E-state index is -4.47. The summed E-state index contributed by atoms with van der Waals surface area (Å²) in [5.41, 5.74) is 0. The molecule has 0 fully saturated rings. The Labute approximate surface area is 505 Å². The van der Waals surface area contributed by atoms with Gasteiger partial charge in [-0.25, -0.2) is 4.57 Å². The van der Waals surface area contributed by atoms with Crippen molar-refractivity contribution in [2.24, 2.45) is 0 Å². The zero-order valence-corrected chi connectivity index (χ0v) is 54.3. The Morgan fingerprint density at radius 2 is 0.780 bits per heavy atom. The molecular weight excluding hydrogens is 1040 g/mol. The fourth-order valence-electron chi connectivity index (χ4n) is 8.75. The summed E-state index contributed by atoms with van der Waals surface area (Å²) in [6, 6.07) is -0.880. The quantitative estimate of drug-likeness (QED) is 0.0205. The summed E-state index contributed by atoms with van der Waals surface area (Å²) < 4.78 is 30.7. The van der Waals surface area contributed by atoms with Crippen LogP contribution in [0.15, 0.2) is 134 Å². The Morgan fingerprint density at radius 1 is 0.439 bits per heavy atom. The first kappa shape index (κ1) is 78.1. The Hall–Kier alpha value is -3.85. The summed E-state index contributed by atoms with van der Waals surface area (Å²) in [5, 5.41) is 3.04. The first-order chi connectivity index (χ1) is 39.9. The maximum Gasteiger partial charge on any atom is 0.472 e. The number of esters is 1. The number of nitrogens with zero attached hydrogens (tertiary/aromatic N) is 1. The highest BCUT2D eigenvalue weighted by atomic mass is 31.2. The average molecular weight is 1160 g/mol. The second kappa shape index (κ2) is 60.3. The topological polar surface area (TPSA) is 111 Å². The Morgan fingerprint density at radius 3 is 1.21 bits per heavy atom. The molecule has 3 unspecified atom stereocenters. The highest BCUT2D eigenvalue weighted by Crippen LogP contribution is 2.43. The second-order valence-electron chi connectivity index (χ2n) is 22.9. The molecule has 9 nitrogen and oxygen atoms in total. The van der Waals surface area contributed by atoms with Crippen LogP contribution in [0, 0.1) is 0 Å². The second-order valence-corrected chi connectivity index (χ2v) is 24.4. The van der Waals surface area contributed by atoms with Crippen LogP contribution in [0.3, 0.4) is 0 Å². The number of hydrogen-bond acceptors (Lipinski definition) is 6. The number of carbonyl (C=O) groups is 2. The third-order valence-electron chi connectivity index (χ3n) is 13.8. The molecular formula is C72H124N2O7P+. The summed E-state index contributed by atoms with van der Waals surface area (Å²) in [6.07, 6.45) is 85.9. The molecule has 0 aromatic carbocycles. The van der Waals surface area contributed by atoms with Crippen molar-refractivity contribution in [2.45, 2.75) is 270 Å². The Bertz CT molecular complexity index is 1860. The fourth-order valence-corrected chi connectivity index (χ4v) is 9.49. The molecule has 82 heavy (non-hydrogen) atoms. The van der Waals surface area contributed by atoms with E-state index in [0.29, 0.717) is 23.9 Å². The normalized spacial score (nSPS) is 14.5. The molecule has 0 rings (SSSR count). The van der Waals surface area contributed by atoms with Crippen LogP contribution in [0.4, 0.5) is 0 Å². The van der Waals surface area contributed by atoms with Gasteiger partial charge in [0.1, 0.15) is 19.3 Å². The van der Waals surface area contributed by atoms with E-state index in [4.69, 9.17) is 13.8 Å².